The lowest BCUT2D eigenvalue weighted by molar-refractivity contribution is -0.149. The smallest absolute Gasteiger partial charge is 0.314 e. The monoisotopic (exact) mass is 392 g/mol. The van der Waals surface area contributed by atoms with Gasteiger partial charge in [-0.25, -0.2) is 0 Å². The van der Waals surface area contributed by atoms with Gasteiger partial charge >= 0.3 is 5.97 Å². The number of amides is 1. The van der Waals surface area contributed by atoms with Crippen LogP contribution in [0, 0.1) is 5.92 Å². The summed E-state index contributed by atoms with van der Waals surface area (Å²) in [7, 11) is 0. The third-order valence-corrected chi connectivity index (χ3v) is 4.29. The molecule has 2 rings (SSSR count). The van der Waals surface area contributed by atoms with Crippen LogP contribution in [0.25, 0.3) is 0 Å². The molecule has 27 heavy (non-hydrogen) atoms. The summed E-state index contributed by atoms with van der Waals surface area (Å²) in [5.74, 6) is -1.20. The quantitative estimate of drug-likeness (QED) is 0.729. The number of anilines is 1. The molecule has 146 valence electrons. The topological polar surface area (TPSA) is 81.4 Å². The van der Waals surface area contributed by atoms with Crippen molar-refractivity contribution in [2.24, 2.45) is 5.92 Å². The molecular formula is C20H25ClN2O4. The first kappa shape index (κ1) is 21.0. The fourth-order valence-electron chi connectivity index (χ4n) is 2.55. The van der Waals surface area contributed by atoms with E-state index in [-0.39, 0.29) is 17.2 Å². The lowest BCUT2D eigenvalue weighted by Gasteiger charge is -2.19. The van der Waals surface area contributed by atoms with E-state index in [0.29, 0.717) is 5.02 Å². The Morgan fingerprint density at radius 2 is 1.85 bits per heavy atom. The number of halogens is 1. The number of nitrogens with one attached hydrogen (secondary N) is 1. The molecule has 1 heterocycles. The summed E-state index contributed by atoms with van der Waals surface area (Å²) in [6, 6.07) is 8.68. The molecule has 0 radical (unpaired) electrons. The molecule has 0 saturated heterocycles. The number of rotatable bonds is 6. The van der Waals surface area contributed by atoms with Gasteiger partial charge in [0.05, 0.1) is 11.6 Å². The van der Waals surface area contributed by atoms with Crippen LogP contribution in [0.5, 0.6) is 0 Å². The van der Waals surface area contributed by atoms with Crippen LogP contribution in [0.4, 0.5) is 5.88 Å². The summed E-state index contributed by atoms with van der Waals surface area (Å²) in [5.41, 5.74) is 1.32. The van der Waals surface area contributed by atoms with Gasteiger partial charge in [-0.3, -0.25) is 14.9 Å². The van der Waals surface area contributed by atoms with E-state index in [1.54, 1.807) is 30.3 Å². The highest BCUT2D eigenvalue weighted by Crippen LogP contribution is 2.27. The van der Waals surface area contributed by atoms with Gasteiger partial charge in [0.25, 0.3) is 5.91 Å². The molecule has 7 heteroatoms. The Kier molecular flexibility index (Phi) is 6.65. The molecular weight excluding hydrogens is 368 g/mol. The molecule has 1 N–H and O–H groups in total. The van der Waals surface area contributed by atoms with Gasteiger partial charge in [-0.1, -0.05) is 63.5 Å². The van der Waals surface area contributed by atoms with Gasteiger partial charge in [-0.05, 0) is 23.6 Å². The molecule has 0 bridgehead atoms. The van der Waals surface area contributed by atoms with Crippen molar-refractivity contribution in [1.82, 2.24) is 5.16 Å². The maximum absolute atomic E-state index is 12.5. The Labute approximate surface area is 164 Å². The molecule has 0 aliphatic heterocycles. The van der Waals surface area contributed by atoms with Crippen molar-refractivity contribution in [1.29, 1.82) is 0 Å². The molecule has 1 atom stereocenters. The third kappa shape index (κ3) is 5.82. The van der Waals surface area contributed by atoms with Crippen LogP contribution in [-0.4, -0.2) is 23.6 Å². The van der Waals surface area contributed by atoms with Crippen LogP contribution in [0.2, 0.25) is 5.02 Å². The highest BCUT2D eigenvalue weighted by atomic mass is 35.5. The molecule has 6 nitrogen and oxygen atoms in total. The van der Waals surface area contributed by atoms with Crippen LogP contribution in [0.1, 0.15) is 51.8 Å². The average Bonchev–Trinajstić information content (AvgIpc) is 3.03. The molecule has 0 fully saturated rings. The molecule has 0 spiro atoms. The molecule has 1 aromatic heterocycles. The van der Waals surface area contributed by atoms with Crippen molar-refractivity contribution in [2.75, 3.05) is 11.9 Å². The SMILES string of the molecule is CC(C)[C@H](C(=O)OCC(=O)Nc1cc(C(C)(C)C)no1)c1ccc(Cl)cc1. The number of carbonyl (C=O) groups excluding carboxylic acids is 2. The van der Waals surface area contributed by atoms with Crippen LogP contribution in [-0.2, 0) is 19.7 Å². The van der Waals surface area contributed by atoms with Crippen LogP contribution in [0.3, 0.4) is 0 Å². The van der Waals surface area contributed by atoms with E-state index in [1.165, 1.54) is 0 Å². The van der Waals surface area contributed by atoms with E-state index in [4.69, 9.17) is 20.9 Å². The third-order valence-electron chi connectivity index (χ3n) is 4.04. The Hall–Kier alpha value is -2.34. The molecule has 0 aliphatic carbocycles. The average molecular weight is 393 g/mol. The highest BCUT2D eigenvalue weighted by molar-refractivity contribution is 6.30. The number of benzene rings is 1. The summed E-state index contributed by atoms with van der Waals surface area (Å²) in [4.78, 5) is 24.5. The summed E-state index contributed by atoms with van der Waals surface area (Å²) < 4.78 is 10.3. The van der Waals surface area contributed by atoms with Gasteiger partial charge < -0.3 is 9.26 Å². The predicted molar refractivity (Wildman–Crippen MR) is 104 cm³/mol. The summed E-state index contributed by atoms with van der Waals surface area (Å²) in [6.07, 6.45) is 0. The maximum atomic E-state index is 12.5. The van der Waals surface area contributed by atoms with Crippen molar-refractivity contribution < 1.29 is 18.8 Å². The van der Waals surface area contributed by atoms with Gasteiger partial charge in [-0.2, -0.15) is 0 Å². The van der Waals surface area contributed by atoms with Crippen LogP contribution < -0.4 is 5.32 Å². The van der Waals surface area contributed by atoms with E-state index in [0.717, 1.165) is 11.3 Å². The number of ether oxygens (including phenoxy) is 1. The van der Waals surface area contributed by atoms with Crippen molar-refractivity contribution in [2.45, 2.75) is 46.0 Å². The number of hydrogen-bond donors (Lipinski definition) is 1. The maximum Gasteiger partial charge on any atom is 0.314 e. The van der Waals surface area contributed by atoms with Gasteiger partial charge in [0.15, 0.2) is 6.61 Å². The number of esters is 1. The highest BCUT2D eigenvalue weighted by Gasteiger charge is 2.26. The van der Waals surface area contributed by atoms with Crippen molar-refractivity contribution in [3.8, 4) is 0 Å². The minimum Gasteiger partial charge on any atom is -0.455 e. The zero-order valence-corrected chi connectivity index (χ0v) is 17.0. The Morgan fingerprint density at radius 1 is 1.22 bits per heavy atom. The summed E-state index contributed by atoms with van der Waals surface area (Å²) in [5, 5.41) is 7.06. The standard InChI is InChI=1S/C20H25ClN2O4/c1-12(2)18(13-6-8-14(21)9-7-13)19(25)26-11-16(24)22-17-10-15(23-27-17)20(3,4)5/h6-10,12,18H,11H2,1-5H3,(H,22,24)/t18-/m0/s1. The van der Waals surface area contributed by atoms with Gasteiger partial charge in [0, 0.05) is 16.5 Å². The fourth-order valence-corrected chi connectivity index (χ4v) is 2.68. The summed E-state index contributed by atoms with van der Waals surface area (Å²) in [6.45, 7) is 9.40. The molecule has 1 aromatic carbocycles. The first-order valence-corrected chi connectivity index (χ1v) is 9.15. The van der Waals surface area contributed by atoms with Gasteiger partial charge in [-0.15, -0.1) is 0 Å². The second kappa shape index (κ2) is 8.57. The first-order chi connectivity index (χ1) is 12.6. The normalized spacial score (nSPS) is 12.7. The minimum absolute atomic E-state index is 0.00496. The van der Waals surface area contributed by atoms with E-state index in [2.05, 4.69) is 10.5 Å². The number of carbonyl (C=O) groups is 2. The molecule has 0 aliphatic rings. The van der Waals surface area contributed by atoms with Crippen LogP contribution >= 0.6 is 11.6 Å². The Bertz CT molecular complexity index is 791. The largest absolute Gasteiger partial charge is 0.455 e. The second-order valence-corrected chi connectivity index (χ2v) is 8.19. The number of hydrogen-bond acceptors (Lipinski definition) is 5. The number of nitrogens with zero attached hydrogens (tertiary/aromatic N) is 1. The molecule has 0 unspecified atom stereocenters. The van der Waals surface area contributed by atoms with E-state index >= 15 is 0 Å². The fraction of sp³-hybridized carbons (Fsp3) is 0.450. The van der Waals surface area contributed by atoms with Gasteiger partial charge in [0.1, 0.15) is 0 Å². The zero-order chi connectivity index (χ0) is 20.2. The lowest BCUT2D eigenvalue weighted by atomic mass is 9.88. The molecule has 2 aromatic rings. The van der Waals surface area contributed by atoms with Crippen molar-refractivity contribution in [3.05, 3.63) is 46.6 Å². The predicted octanol–water partition coefficient (Wildman–Crippen LogP) is 4.55. The van der Waals surface area contributed by atoms with Crippen molar-refractivity contribution >= 4 is 29.4 Å². The zero-order valence-electron chi connectivity index (χ0n) is 16.2. The van der Waals surface area contributed by atoms with E-state index in [1.807, 2.05) is 34.6 Å². The van der Waals surface area contributed by atoms with E-state index < -0.39 is 24.4 Å². The molecule has 1 amide bonds. The van der Waals surface area contributed by atoms with E-state index in [9.17, 15) is 9.59 Å². The van der Waals surface area contributed by atoms with Crippen LogP contribution in [0.15, 0.2) is 34.9 Å². The van der Waals surface area contributed by atoms with Crippen molar-refractivity contribution in [3.63, 3.8) is 0 Å². The Morgan fingerprint density at radius 3 is 2.37 bits per heavy atom. The molecule has 0 saturated carbocycles. The summed E-state index contributed by atoms with van der Waals surface area (Å²) >= 11 is 5.90. The first-order valence-electron chi connectivity index (χ1n) is 8.77. The Balaban J connectivity index is 1.95. The van der Waals surface area contributed by atoms with Gasteiger partial charge in [0.2, 0.25) is 5.88 Å². The lowest BCUT2D eigenvalue weighted by Crippen LogP contribution is -2.26. The number of aromatic nitrogens is 1. The minimum atomic E-state index is -0.487. The second-order valence-electron chi connectivity index (χ2n) is 7.76.